The lowest BCUT2D eigenvalue weighted by atomic mass is 9.95. The average Bonchev–Trinajstić information content (AvgIpc) is 3.33. The van der Waals surface area contributed by atoms with E-state index in [0.29, 0.717) is 51.3 Å². The van der Waals surface area contributed by atoms with Gasteiger partial charge in [0.2, 0.25) is 5.91 Å². The van der Waals surface area contributed by atoms with E-state index in [4.69, 9.17) is 4.74 Å². The second-order valence-electron chi connectivity index (χ2n) is 9.37. The van der Waals surface area contributed by atoms with E-state index in [1.807, 2.05) is 18.2 Å². The van der Waals surface area contributed by atoms with Gasteiger partial charge in [-0.1, -0.05) is 65.4 Å². The van der Waals surface area contributed by atoms with Crippen LogP contribution in [0.2, 0.25) is 0 Å². The molecule has 0 bridgehead atoms. The van der Waals surface area contributed by atoms with Crippen LogP contribution in [0.5, 0.6) is 0 Å². The Kier molecular flexibility index (Phi) is 6.90. The number of carbonyl (C=O) groups is 2. The van der Waals surface area contributed by atoms with Gasteiger partial charge in [0.25, 0.3) is 5.91 Å². The van der Waals surface area contributed by atoms with Crippen molar-refractivity contribution in [3.8, 4) is 0 Å². The monoisotopic (exact) mass is 473 g/mol. The molecule has 1 fully saturated rings. The van der Waals surface area contributed by atoms with Gasteiger partial charge in [-0.05, 0) is 37.3 Å². The number of ether oxygens (including phenoxy) is 1. The summed E-state index contributed by atoms with van der Waals surface area (Å²) < 4.78 is 7.85. The second-order valence-corrected chi connectivity index (χ2v) is 9.37. The first-order valence-corrected chi connectivity index (χ1v) is 12.3. The zero-order chi connectivity index (χ0) is 24.2. The topological polar surface area (TPSA) is 89.4 Å². The minimum Gasteiger partial charge on any atom is -0.365 e. The van der Waals surface area contributed by atoms with Crippen molar-refractivity contribution in [1.29, 1.82) is 0 Å². The predicted octanol–water partition coefficient (Wildman–Crippen LogP) is 3.07. The van der Waals surface area contributed by atoms with Crippen LogP contribution in [0.25, 0.3) is 0 Å². The number of aryl methyl sites for hydroxylation is 1. The van der Waals surface area contributed by atoms with Crippen molar-refractivity contribution in [3.05, 3.63) is 82.7 Å². The molecule has 2 aliphatic heterocycles. The molecule has 1 atom stereocenters. The molecular formula is C27H31N5O3. The van der Waals surface area contributed by atoms with Crippen molar-refractivity contribution < 1.29 is 14.3 Å². The summed E-state index contributed by atoms with van der Waals surface area (Å²) in [6.07, 6.45) is 2.01. The number of carbonyl (C=O) groups excluding carboxylic acids is 2. The highest BCUT2D eigenvalue weighted by Crippen LogP contribution is 2.28. The molecule has 0 unspecified atom stereocenters. The Balaban J connectivity index is 1.13. The summed E-state index contributed by atoms with van der Waals surface area (Å²) >= 11 is 0. The number of piperidine rings is 1. The maximum absolute atomic E-state index is 13.2. The number of benzene rings is 2. The quantitative estimate of drug-likeness (QED) is 0.594. The van der Waals surface area contributed by atoms with Crippen LogP contribution in [0.4, 0.5) is 0 Å². The molecule has 0 saturated carbocycles. The van der Waals surface area contributed by atoms with Gasteiger partial charge in [0.1, 0.15) is 6.10 Å². The number of nitrogens with one attached hydrogen (secondary N) is 1. The second kappa shape index (κ2) is 10.4. The molecule has 2 amide bonds. The van der Waals surface area contributed by atoms with Crippen molar-refractivity contribution in [2.45, 2.75) is 45.4 Å². The lowest BCUT2D eigenvalue weighted by Crippen LogP contribution is -2.43. The summed E-state index contributed by atoms with van der Waals surface area (Å²) in [5.74, 6) is -0.126. The van der Waals surface area contributed by atoms with Crippen LogP contribution in [0.3, 0.4) is 0 Å². The minimum atomic E-state index is -0.133. The van der Waals surface area contributed by atoms with E-state index in [9.17, 15) is 9.59 Å². The molecule has 8 heteroatoms. The lowest BCUT2D eigenvalue weighted by Gasteiger charge is -2.31. The molecule has 182 valence electrons. The number of likely N-dealkylation sites (tertiary alicyclic amines) is 1. The summed E-state index contributed by atoms with van der Waals surface area (Å²) in [6, 6.07) is 18.4. The first kappa shape index (κ1) is 23.2. The van der Waals surface area contributed by atoms with E-state index in [1.165, 1.54) is 11.1 Å². The molecule has 0 aliphatic carbocycles. The van der Waals surface area contributed by atoms with Crippen molar-refractivity contribution in [2.75, 3.05) is 19.6 Å². The van der Waals surface area contributed by atoms with Gasteiger partial charge in [-0.3, -0.25) is 9.59 Å². The van der Waals surface area contributed by atoms with Gasteiger partial charge in [0, 0.05) is 25.6 Å². The molecule has 3 aromatic rings. The Morgan fingerprint density at radius 3 is 2.54 bits per heavy atom. The highest BCUT2D eigenvalue weighted by atomic mass is 16.5. The summed E-state index contributed by atoms with van der Waals surface area (Å²) in [7, 11) is 0. The molecule has 5 rings (SSSR count). The number of fused-ring (bicyclic) bond motifs is 1. The third-order valence-corrected chi connectivity index (χ3v) is 6.96. The van der Waals surface area contributed by atoms with Gasteiger partial charge >= 0.3 is 0 Å². The number of amides is 2. The van der Waals surface area contributed by atoms with E-state index >= 15 is 0 Å². The smallest absolute Gasteiger partial charge is 0.276 e. The summed E-state index contributed by atoms with van der Waals surface area (Å²) in [6.45, 7) is 4.58. The first-order chi connectivity index (χ1) is 17.1. The van der Waals surface area contributed by atoms with Crippen LogP contribution in [-0.4, -0.2) is 51.3 Å². The minimum absolute atomic E-state index is 0.0672. The fourth-order valence-corrected chi connectivity index (χ4v) is 4.77. The van der Waals surface area contributed by atoms with Gasteiger partial charge in [-0.25, -0.2) is 4.68 Å². The van der Waals surface area contributed by atoms with E-state index < -0.39 is 0 Å². The third kappa shape index (κ3) is 5.27. The summed E-state index contributed by atoms with van der Waals surface area (Å²) in [4.78, 5) is 27.6. The molecule has 2 aromatic carbocycles. The van der Waals surface area contributed by atoms with Gasteiger partial charge < -0.3 is 15.0 Å². The molecular weight excluding hydrogens is 442 g/mol. The average molecular weight is 474 g/mol. The van der Waals surface area contributed by atoms with Crippen LogP contribution in [0.1, 0.15) is 51.8 Å². The number of nitrogens with zero attached hydrogens (tertiary/aromatic N) is 4. The number of hydrogen-bond donors (Lipinski definition) is 1. The van der Waals surface area contributed by atoms with E-state index in [2.05, 4.69) is 59.0 Å². The van der Waals surface area contributed by atoms with Crippen molar-refractivity contribution in [3.63, 3.8) is 0 Å². The normalized spacial score (nSPS) is 18.2. The largest absolute Gasteiger partial charge is 0.365 e. The Morgan fingerprint density at radius 2 is 1.80 bits per heavy atom. The molecule has 0 spiro atoms. The van der Waals surface area contributed by atoms with Crippen molar-refractivity contribution >= 4 is 11.8 Å². The molecule has 1 N–H and O–H groups in total. The standard InChI is InChI=1S/C27H31N5O3/c1-19-7-9-21(10-8-19)24-17-32-23(18-35-24)25(29-30-32)27(34)31-15-12-22(13-16-31)26(33)28-14-11-20-5-3-2-4-6-20/h2-10,22,24H,11-18H2,1H3,(H,28,33)/t24-/m1/s1. The molecule has 2 aliphatic rings. The van der Waals surface area contributed by atoms with Gasteiger partial charge in [-0.15, -0.1) is 5.10 Å². The van der Waals surface area contributed by atoms with E-state index in [0.717, 1.165) is 17.7 Å². The van der Waals surface area contributed by atoms with Gasteiger partial charge in [0.05, 0.1) is 18.8 Å². The molecule has 8 nitrogen and oxygen atoms in total. The van der Waals surface area contributed by atoms with Crippen molar-refractivity contribution in [1.82, 2.24) is 25.2 Å². The number of rotatable bonds is 6. The number of hydrogen-bond acceptors (Lipinski definition) is 5. The highest BCUT2D eigenvalue weighted by Gasteiger charge is 2.33. The molecule has 1 aromatic heterocycles. The fraction of sp³-hybridized carbons (Fsp3) is 0.407. The van der Waals surface area contributed by atoms with Crippen LogP contribution < -0.4 is 5.32 Å². The van der Waals surface area contributed by atoms with Crippen LogP contribution >= 0.6 is 0 Å². The highest BCUT2D eigenvalue weighted by molar-refractivity contribution is 5.93. The van der Waals surface area contributed by atoms with E-state index in [1.54, 1.807) is 9.58 Å². The maximum atomic E-state index is 13.2. The SMILES string of the molecule is Cc1ccc([C@H]2Cn3nnc(C(=O)N4CCC(C(=O)NCCc5ccccc5)CC4)c3CO2)cc1. The molecule has 0 radical (unpaired) electrons. The van der Waals surface area contributed by atoms with Crippen LogP contribution in [0, 0.1) is 12.8 Å². The van der Waals surface area contributed by atoms with Crippen molar-refractivity contribution in [2.24, 2.45) is 5.92 Å². The van der Waals surface area contributed by atoms with Crippen LogP contribution in [0.15, 0.2) is 54.6 Å². The zero-order valence-electron chi connectivity index (χ0n) is 20.0. The number of aromatic nitrogens is 3. The summed E-state index contributed by atoms with van der Waals surface area (Å²) in [5, 5.41) is 11.5. The summed E-state index contributed by atoms with van der Waals surface area (Å²) in [5.41, 5.74) is 4.58. The fourth-order valence-electron chi connectivity index (χ4n) is 4.77. The maximum Gasteiger partial charge on any atom is 0.276 e. The predicted molar refractivity (Wildman–Crippen MR) is 131 cm³/mol. The zero-order valence-corrected chi connectivity index (χ0v) is 20.0. The van der Waals surface area contributed by atoms with Gasteiger partial charge in [0.15, 0.2) is 5.69 Å². The Bertz CT molecular complexity index is 1170. The van der Waals surface area contributed by atoms with Crippen LogP contribution in [-0.2, 0) is 29.1 Å². The molecule has 3 heterocycles. The van der Waals surface area contributed by atoms with E-state index in [-0.39, 0.29) is 23.8 Å². The van der Waals surface area contributed by atoms with Gasteiger partial charge in [-0.2, -0.15) is 0 Å². The molecule has 1 saturated heterocycles. The first-order valence-electron chi connectivity index (χ1n) is 12.3. The Labute approximate surface area is 205 Å². The lowest BCUT2D eigenvalue weighted by molar-refractivity contribution is -0.126. The third-order valence-electron chi connectivity index (χ3n) is 6.96. The Morgan fingerprint density at radius 1 is 1.06 bits per heavy atom. The Hall–Kier alpha value is -3.52. The molecule has 35 heavy (non-hydrogen) atoms.